The predicted molar refractivity (Wildman–Crippen MR) is 151 cm³/mol. The number of hydrogen-bond donors (Lipinski definition) is 1. The molecule has 4 aliphatic rings. The first-order valence-corrected chi connectivity index (χ1v) is 14.7. The molecule has 6 rings (SSSR count). The van der Waals surface area contributed by atoms with Crippen LogP contribution in [0.2, 0.25) is 0 Å². The number of aliphatic hydroxyl groups is 1. The number of piperazine rings is 1. The Labute approximate surface area is 231 Å². The largest absolute Gasteiger partial charge is 0.449 e. The molecule has 212 valence electrons. The standard InChI is InChI=1S/C31H44N4O4/c1-28(2,3)21-15-24(33-11-9-31(7-8-31)10-12-33)32-22-16-23(39-25(21)22)27(37)35-14-13-34(19-29(35,4)5)26(36)20-17-30(6,38)18-20/h15-16,20,38H,7-14,17-19H2,1-6H3. The Kier molecular flexibility index (Phi) is 5.93. The molecule has 0 radical (unpaired) electrons. The molecule has 0 atom stereocenters. The number of carbonyl (C=O) groups excluding carboxylic acids is 2. The molecule has 39 heavy (non-hydrogen) atoms. The quantitative estimate of drug-likeness (QED) is 0.610. The molecule has 2 aromatic heterocycles. The third-order valence-corrected chi connectivity index (χ3v) is 9.77. The number of amides is 2. The van der Waals surface area contributed by atoms with Crippen molar-refractivity contribution in [3.63, 3.8) is 0 Å². The van der Waals surface area contributed by atoms with Gasteiger partial charge in [0.05, 0.1) is 11.1 Å². The molecule has 2 aliphatic heterocycles. The first kappa shape index (κ1) is 26.6. The Morgan fingerprint density at radius 1 is 1.00 bits per heavy atom. The van der Waals surface area contributed by atoms with Crippen LogP contribution in [0.3, 0.4) is 0 Å². The van der Waals surface area contributed by atoms with E-state index < -0.39 is 11.1 Å². The molecule has 4 heterocycles. The topological polar surface area (TPSA) is 90.1 Å². The molecule has 1 spiro atoms. The fraction of sp³-hybridized carbons (Fsp3) is 0.710. The van der Waals surface area contributed by atoms with Gasteiger partial charge in [0, 0.05) is 50.3 Å². The molecule has 0 bridgehead atoms. The fourth-order valence-corrected chi connectivity index (χ4v) is 7.01. The number of nitrogens with zero attached hydrogens (tertiary/aromatic N) is 4. The summed E-state index contributed by atoms with van der Waals surface area (Å²) in [7, 11) is 0. The second-order valence-corrected chi connectivity index (χ2v) is 14.7. The van der Waals surface area contributed by atoms with Crippen molar-refractivity contribution < 1.29 is 19.1 Å². The molecular weight excluding hydrogens is 492 g/mol. The minimum absolute atomic E-state index is 0.0855. The summed E-state index contributed by atoms with van der Waals surface area (Å²) >= 11 is 0. The number of carbonyl (C=O) groups is 2. The van der Waals surface area contributed by atoms with Crippen molar-refractivity contribution in [1.29, 1.82) is 0 Å². The van der Waals surface area contributed by atoms with E-state index in [2.05, 4.69) is 31.7 Å². The summed E-state index contributed by atoms with van der Waals surface area (Å²) in [4.78, 5) is 38.0. The van der Waals surface area contributed by atoms with Gasteiger partial charge in [-0.1, -0.05) is 20.8 Å². The van der Waals surface area contributed by atoms with Crippen LogP contribution in [0.15, 0.2) is 16.5 Å². The highest BCUT2D eigenvalue weighted by molar-refractivity contribution is 5.97. The molecule has 2 amide bonds. The van der Waals surface area contributed by atoms with E-state index in [0.717, 1.165) is 30.0 Å². The summed E-state index contributed by atoms with van der Waals surface area (Å²) in [5.74, 6) is 1.08. The van der Waals surface area contributed by atoms with Crippen LogP contribution in [-0.4, -0.2) is 75.6 Å². The third kappa shape index (κ3) is 4.83. The number of pyridine rings is 1. The smallest absolute Gasteiger partial charge is 0.290 e. The molecule has 1 N–H and O–H groups in total. The maximum atomic E-state index is 13.8. The number of furan rings is 1. The van der Waals surface area contributed by atoms with Gasteiger partial charge < -0.3 is 24.2 Å². The van der Waals surface area contributed by atoms with Crippen molar-refractivity contribution in [3.05, 3.63) is 23.5 Å². The lowest BCUT2D eigenvalue weighted by Gasteiger charge is -2.49. The summed E-state index contributed by atoms with van der Waals surface area (Å²) in [5.41, 5.74) is 1.64. The Morgan fingerprint density at radius 2 is 1.67 bits per heavy atom. The van der Waals surface area contributed by atoms with Crippen LogP contribution in [0.1, 0.15) is 96.2 Å². The first-order chi connectivity index (χ1) is 18.2. The lowest BCUT2D eigenvalue weighted by atomic mass is 9.71. The van der Waals surface area contributed by atoms with Crippen LogP contribution in [0.4, 0.5) is 5.82 Å². The lowest BCUT2D eigenvalue weighted by Crippen LogP contribution is -2.63. The van der Waals surface area contributed by atoms with Gasteiger partial charge in [-0.2, -0.15) is 0 Å². The van der Waals surface area contributed by atoms with Gasteiger partial charge in [0.2, 0.25) is 5.91 Å². The fourth-order valence-electron chi connectivity index (χ4n) is 7.01. The van der Waals surface area contributed by atoms with Gasteiger partial charge in [-0.25, -0.2) is 4.98 Å². The highest BCUT2D eigenvalue weighted by Crippen LogP contribution is 2.54. The molecule has 0 aromatic carbocycles. The lowest BCUT2D eigenvalue weighted by molar-refractivity contribution is -0.153. The molecule has 8 heteroatoms. The first-order valence-electron chi connectivity index (χ1n) is 14.7. The normalized spacial score (nSPS) is 28.1. The zero-order chi connectivity index (χ0) is 28.0. The maximum absolute atomic E-state index is 13.8. The molecule has 4 fully saturated rings. The number of fused-ring (bicyclic) bond motifs is 1. The molecule has 8 nitrogen and oxygen atoms in total. The number of anilines is 1. The summed E-state index contributed by atoms with van der Waals surface area (Å²) in [6.07, 6.45) is 6.22. The van der Waals surface area contributed by atoms with E-state index >= 15 is 0 Å². The number of aromatic nitrogens is 1. The maximum Gasteiger partial charge on any atom is 0.290 e. The van der Waals surface area contributed by atoms with Gasteiger partial charge in [0.25, 0.3) is 5.91 Å². The number of hydrogen-bond acceptors (Lipinski definition) is 6. The predicted octanol–water partition coefficient (Wildman–Crippen LogP) is 4.73. The van der Waals surface area contributed by atoms with Crippen molar-refractivity contribution in [2.75, 3.05) is 37.6 Å². The van der Waals surface area contributed by atoms with Crippen LogP contribution in [0.25, 0.3) is 11.1 Å². The molecule has 2 aromatic rings. The van der Waals surface area contributed by atoms with E-state index in [0.29, 0.717) is 49.2 Å². The van der Waals surface area contributed by atoms with Gasteiger partial charge in [0.15, 0.2) is 11.3 Å². The summed E-state index contributed by atoms with van der Waals surface area (Å²) < 4.78 is 6.30. The van der Waals surface area contributed by atoms with Crippen molar-refractivity contribution in [2.24, 2.45) is 11.3 Å². The van der Waals surface area contributed by atoms with Crippen molar-refractivity contribution in [1.82, 2.24) is 14.8 Å². The zero-order valence-electron chi connectivity index (χ0n) is 24.5. The van der Waals surface area contributed by atoms with E-state index in [9.17, 15) is 14.7 Å². The second-order valence-electron chi connectivity index (χ2n) is 14.7. The van der Waals surface area contributed by atoms with Crippen LogP contribution in [0.5, 0.6) is 0 Å². The highest BCUT2D eigenvalue weighted by atomic mass is 16.3. The number of piperidine rings is 1. The van der Waals surface area contributed by atoms with Crippen molar-refractivity contribution >= 4 is 28.7 Å². The van der Waals surface area contributed by atoms with Gasteiger partial charge in [-0.15, -0.1) is 0 Å². The molecule has 2 saturated heterocycles. The van der Waals surface area contributed by atoms with Crippen LogP contribution in [-0.2, 0) is 10.2 Å². The Morgan fingerprint density at radius 3 is 2.23 bits per heavy atom. The molecule has 2 saturated carbocycles. The van der Waals surface area contributed by atoms with Crippen LogP contribution < -0.4 is 4.90 Å². The minimum Gasteiger partial charge on any atom is -0.449 e. The van der Waals surface area contributed by atoms with E-state index in [1.807, 2.05) is 29.7 Å². The monoisotopic (exact) mass is 536 g/mol. The van der Waals surface area contributed by atoms with Crippen LogP contribution >= 0.6 is 0 Å². The van der Waals surface area contributed by atoms with Crippen molar-refractivity contribution in [2.45, 2.75) is 96.6 Å². The van der Waals surface area contributed by atoms with Crippen molar-refractivity contribution in [3.8, 4) is 0 Å². The third-order valence-electron chi connectivity index (χ3n) is 9.77. The summed E-state index contributed by atoms with van der Waals surface area (Å²) in [5, 5.41) is 10.1. The van der Waals surface area contributed by atoms with E-state index in [4.69, 9.17) is 9.40 Å². The summed E-state index contributed by atoms with van der Waals surface area (Å²) in [6.45, 7) is 15.8. The van der Waals surface area contributed by atoms with Gasteiger partial charge >= 0.3 is 0 Å². The zero-order valence-corrected chi connectivity index (χ0v) is 24.5. The average molecular weight is 537 g/mol. The minimum atomic E-state index is -0.734. The SMILES string of the molecule is CC1(O)CC(C(=O)N2CCN(C(=O)c3cc4nc(N5CCC6(CC5)CC6)cc(C(C)(C)C)c4o3)C(C)(C)C2)C1. The second kappa shape index (κ2) is 8.69. The van der Waals surface area contributed by atoms with E-state index in [-0.39, 0.29) is 23.1 Å². The average Bonchev–Trinajstić information content (AvgIpc) is 3.44. The molecule has 0 unspecified atom stereocenters. The Balaban J connectivity index is 1.23. The van der Waals surface area contributed by atoms with Gasteiger partial charge in [-0.3, -0.25) is 9.59 Å². The van der Waals surface area contributed by atoms with E-state index in [1.54, 1.807) is 6.92 Å². The van der Waals surface area contributed by atoms with E-state index in [1.165, 1.54) is 25.7 Å². The van der Waals surface area contributed by atoms with Gasteiger partial charge in [0.1, 0.15) is 11.3 Å². The molecular formula is C31H44N4O4. The Bertz CT molecular complexity index is 1300. The highest BCUT2D eigenvalue weighted by Gasteiger charge is 2.47. The van der Waals surface area contributed by atoms with Crippen LogP contribution in [0, 0.1) is 11.3 Å². The number of rotatable bonds is 3. The Hall–Kier alpha value is -2.61. The molecule has 2 aliphatic carbocycles. The summed E-state index contributed by atoms with van der Waals surface area (Å²) in [6, 6.07) is 3.98. The van der Waals surface area contributed by atoms with Gasteiger partial charge in [-0.05, 0) is 76.2 Å².